The number of hydrogen-bond acceptors (Lipinski definition) is 4. The van der Waals surface area contributed by atoms with Crippen molar-refractivity contribution in [1.29, 1.82) is 0 Å². The first-order chi connectivity index (χ1) is 11.1. The lowest BCUT2D eigenvalue weighted by atomic mass is 9.91. The van der Waals surface area contributed by atoms with Crippen LogP contribution >= 0.6 is 0 Å². The van der Waals surface area contributed by atoms with Gasteiger partial charge in [-0.05, 0) is 25.3 Å². The Morgan fingerprint density at radius 1 is 1.22 bits per heavy atom. The highest BCUT2D eigenvalue weighted by molar-refractivity contribution is 5.79. The van der Waals surface area contributed by atoms with Crippen molar-refractivity contribution < 1.29 is 14.4 Å². The number of piperidine rings is 1. The molecule has 126 valence electrons. The minimum Gasteiger partial charge on any atom is -0.367 e. The molecular formula is C18H26N2O3. The monoisotopic (exact) mass is 318 g/mol. The molecule has 0 spiro atoms. The highest BCUT2D eigenvalue weighted by atomic mass is 16.7. The van der Waals surface area contributed by atoms with Crippen LogP contribution in [0.4, 0.5) is 0 Å². The average Bonchev–Trinajstić information content (AvgIpc) is 2.62. The van der Waals surface area contributed by atoms with Gasteiger partial charge < -0.3 is 14.5 Å². The van der Waals surface area contributed by atoms with Gasteiger partial charge in [-0.15, -0.1) is 0 Å². The molecule has 1 atom stereocenters. The zero-order valence-electron chi connectivity index (χ0n) is 14.0. The smallest absolute Gasteiger partial charge is 0.225 e. The molecule has 0 aromatic heterocycles. The number of amides is 1. The van der Waals surface area contributed by atoms with E-state index in [9.17, 15) is 4.79 Å². The van der Waals surface area contributed by atoms with Crippen LogP contribution < -0.4 is 0 Å². The molecule has 1 unspecified atom stereocenters. The third kappa shape index (κ3) is 3.57. The Labute approximate surface area is 138 Å². The van der Waals surface area contributed by atoms with Gasteiger partial charge in [0.05, 0.1) is 20.3 Å². The normalized spacial score (nSPS) is 27.1. The summed E-state index contributed by atoms with van der Waals surface area (Å²) in [7, 11) is 1.69. The summed E-state index contributed by atoms with van der Waals surface area (Å²) in [5.41, 5.74) is 0.717. The van der Waals surface area contributed by atoms with Crippen LogP contribution in [0.15, 0.2) is 30.3 Å². The zero-order chi connectivity index (χ0) is 16.3. The molecule has 1 amide bonds. The fourth-order valence-electron chi connectivity index (χ4n) is 3.57. The Morgan fingerprint density at radius 2 is 1.91 bits per heavy atom. The van der Waals surface area contributed by atoms with Crippen molar-refractivity contribution in [3.63, 3.8) is 0 Å². The van der Waals surface area contributed by atoms with Crippen molar-refractivity contribution in [3.8, 4) is 0 Å². The minimum absolute atomic E-state index is 0.111. The summed E-state index contributed by atoms with van der Waals surface area (Å²) in [6.45, 7) is 5.63. The fraction of sp³-hybridized carbons (Fsp3) is 0.611. The Kier molecular flexibility index (Phi) is 4.99. The molecule has 5 nitrogen and oxygen atoms in total. The quantitative estimate of drug-likeness (QED) is 0.855. The maximum Gasteiger partial charge on any atom is 0.225 e. The van der Waals surface area contributed by atoms with Crippen molar-refractivity contribution in [2.24, 2.45) is 5.92 Å². The van der Waals surface area contributed by atoms with E-state index in [1.807, 2.05) is 28.2 Å². The van der Waals surface area contributed by atoms with Crippen LogP contribution in [-0.2, 0) is 20.0 Å². The zero-order valence-corrected chi connectivity index (χ0v) is 14.0. The van der Waals surface area contributed by atoms with Gasteiger partial charge in [0.2, 0.25) is 5.91 Å². The molecule has 0 aliphatic carbocycles. The third-order valence-electron chi connectivity index (χ3n) is 5.03. The topological polar surface area (TPSA) is 42.0 Å². The molecule has 0 saturated carbocycles. The first kappa shape index (κ1) is 16.4. The summed E-state index contributed by atoms with van der Waals surface area (Å²) < 4.78 is 6.03. The number of hydrogen-bond donors (Lipinski definition) is 0. The van der Waals surface area contributed by atoms with Gasteiger partial charge in [0.1, 0.15) is 5.60 Å². The van der Waals surface area contributed by atoms with Gasteiger partial charge in [-0.3, -0.25) is 4.79 Å². The predicted molar refractivity (Wildman–Crippen MR) is 87.6 cm³/mol. The van der Waals surface area contributed by atoms with Crippen LogP contribution in [0.3, 0.4) is 0 Å². The molecule has 0 radical (unpaired) electrons. The van der Waals surface area contributed by atoms with Crippen molar-refractivity contribution in [2.75, 3.05) is 39.9 Å². The number of benzene rings is 1. The van der Waals surface area contributed by atoms with Crippen LogP contribution in [0.5, 0.6) is 0 Å². The van der Waals surface area contributed by atoms with E-state index in [2.05, 4.69) is 19.1 Å². The lowest BCUT2D eigenvalue weighted by Gasteiger charge is -2.42. The Bertz CT molecular complexity index is 528. The highest BCUT2D eigenvalue weighted by Gasteiger charge is 2.38. The lowest BCUT2D eigenvalue weighted by molar-refractivity contribution is -0.167. The molecule has 2 heterocycles. The third-order valence-corrected chi connectivity index (χ3v) is 5.03. The van der Waals surface area contributed by atoms with E-state index in [-0.39, 0.29) is 11.8 Å². The summed E-state index contributed by atoms with van der Waals surface area (Å²) >= 11 is 0. The molecule has 1 aromatic carbocycles. The van der Waals surface area contributed by atoms with Crippen molar-refractivity contribution in [2.45, 2.75) is 25.4 Å². The molecular weight excluding hydrogens is 292 g/mol. The highest BCUT2D eigenvalue weighted by Crippen LogP contribution is 2.31. The van der Waals surface area contributed by atoms with Crippen molar-refractivity contribution >= 4 is 5.91 Å². The van der Waals surface area contributed by atoms with E-state index < -0.39 is 5.60 Å². The second-order valence-electron chi connectivity index (χ2n) is 6.59. The van der Waals surface area contributed by atoms with Gasteiger partial charge >= 0.3 is 0 Å². The van der Waals surface area contributed by atoms with Crippen LogP contribution in [0.25, 0.3) is 0 Å². The first-order valence-corrected chi connectivity index (χ1v) is 8.40. The Hall–Kier alpha value is -1.43. The molecule has 1 aromatic rings. The largest absolute Gasteiger partial charge is 0.367 e. The number of morpholine rings is 1. The van der Waals surface area contributed by atoms with Gasteiger partial charge in [-0.2, -0.15) is 5.06 Å². The summed E-state index contributed by atoms with van der Waals surface area (Å²) in [6, 6.07) is 10.2. The van der Waals surface area contributed by atoms with E-state index in [1.165, 1.54) is 0 Å². The van der Waals surface area contributed by atoms with Gasteiger partial charge in [-0.1, -0.05) is 30.3 Å². The van der Waals surface area contributed by atoms with Gasteiger partial charge in [0, 0.05) is 25.6 Å². The van der Waals surface area contributed by atoms with Crippen LogP contribution in [-0.4, -0.2) is 55.8 Å². The number of carbonyl (C=O) groups is 1. The second kappa shape index (κ2) is 6.99. The van der Waals surface area contributed by atoms with Crippen molar-refractivity contribution in [3.05, 3.63) is 35.9 Å². The maximum absolute atomic E-state index is 12.9. The van der Waals surface area contributed by atoms with Gasteiger partial charge in [-0.25, -0.2) is 0 Å². The van der Waals surface area contributed by atoms with Gasteiger partial charge in [0.25, 0.3) is 0 Å². The average molecular weight is 318 g/mol. The Balaban J connectivity index is 1.65. The van der Waals surface area contributed by atoms with Crippen LogP contribution in [0, 0.1) is 5.92 Å². The molecule has 23 heavy (non-hydrogen) atoms. The molecule has 2 aliphatic heterocycles. The SMILES string of the molecule is CON1CCC(C(=O)N2CCOC(C)(c3ccccc3)C2)CC1. The summed E-state index contributed by atoms with van der Waals surface area (Å²) in [5.74, 6) is 0.380. The van der Waals surface area contributed by atoms with Crippen molar-refractivity contribution in [1.82, 2.24) is 9.96 Å². The standard InChI is InChI=1S/C18H26N2O3/c1-18(16-6-4-3-5-7-16)14-19(12-13-23-18)17(21)15-8-10-20(22-2)11-9-15/h3-7,15H,8-14H2,1-2H3. The Morgan fingerprint density at radius 3 is 2.57 bits per heavy atom. The summed E-state index contributed by atoms with van der Waals surface area (Å²) in [6.07, 6.45) is 1.73. The molecule has 0 N–H and O–H groups in total. The lowest BCUT2D eigenvalue weighted by Crippen LogP contribution is -2.53. The number of hydroxylamine groups is 2. The molecule has 3 rings (SSSR count). The van der Waals surface area contributed by atoms with E-state index in [0.717, 1.165) is 31.5 Å². The maximum atomic E-state index is 12.9. The minimum atomic E-state index is -0.414. The summed E-state index contributed by atoms with van der Waals surface area (Å²) in [4.78, 5) is 20.1. The van der Waals surface area contributed by atoms with E-state index >= 15 is 0 Å². The molecule has 2 aliphatic rings. The number of nitrogens with zero attached hydrogens (tertiary/aromatic N) is 2. The fourth-order valence-corrected chi connectivity index (χ4v) is 3.57. The van der Waals surface area contributed by atoms with E-state index in [0.29, 0.717) is 19.7 Å². The first-order valence-electron chi connectivity index (χ1n) is 8.40. The van der Waals surface area contributed by atoms with Crippen LogP contribution in [0.2, 0.25) is 0 Å². The van der Waals surface area contributed by atoms with E-state index in [4.69, 9.17) is 9.57 Å². The molecule has 2 fully saturated rings. The molecule has 2 saturated heterocycles. The van der Waals surface area contributed by atoms with Gasteiger partial charge in [0.15, 0.2) is 0 Å². The molecule has 5 heteroatoms. The second-order valence-corrected chi connectivity index (χ2v) is 6.59. The summed E-state index contributed by atoms with van der Waals surface area (Å²) in [5, 5.41) is 1.93. The number of ether oxygens (including phenoxy) is 1. The predicted octanol–water partition coefficient (Wildman–Crippen LogP) is 2.03. The van der Waals surface area contributed by atoms with Crippen LogP contribution in [0.1, 0.15) is 25.3 Å². The molecule has 0 bridgehead atoms. The number of rotatable bonds is 3. The number of carbonyl (C=O) groups excluding carboxylic acids is 1. The van der Waals surface area contributed by atoms with E-state index in [1.54, 1.807) is 7.11 Å².